The summed E-state index contributed by atoms with van der Waals surface area (Å²) < 4.78 is 6.10. The highest BCUT2D eigenvalue weighted by Gasteiger charge is 2.17. The maximum absolute atomic E-state index is 12.7. The van der Waals surface area contributed by atoms with Crippen LogP contribution in [0.1, 0.15) is 37.1 Å². The summed E-state index contributed by atoms with van der Waals surface area (Å²) >= 11 is 3.27. The average molecular weight is 515 g/mol. The van der Waals surface area contributed by atoms with Crippen molar-refractivity contribution in [2.75, 3.05) is 13.2 Å². The molecular formula is C23H23BrN4O5. The second kappa shape index (κ2) is 13.6. The summed E-state index contributed by atoms with van der Waals surface area (Å²) in [5.74, 6) is -1.02. The van der Waals surface area contributed by atoms with Crippen LogP contribution in [0.5, 0.6) is 5.75 Å². The second-order valence-corrected chi connectivity index (χ2v) is 7.52. The zero-order valence-corrected chi connectivity index (χ0v) is 19.5. The fourth-order valence-electron chi connectivity index (χ4n) is 2.75. The lowest BCUT2D eigenvalue weighted by atomic mass is 10.0. The number of nitrogens with zero attached hydrogens (tertiary/aromatic N) is 3. The quantitative estimate of drug-likeness (QED) is 0.144. The molecule has 0 saturated carbocycles. The first-order valence-corrected chi connectivity index (χ1v) is 10.9. The first-order chi connectivity index (χ1) is 15.9. The minimum atomic E-state index is -1.11. The van der Waals surface area contributed by atoms with Gasteiger partial charge in [-0.05, 0) is 58.3 Å². The smallest absolute Gasteiger partial charge is 0.344 e. The van der Waals surface area contributed by atoms with Crippen molar-refractivity contribution in [3.8, 4) is 11.8 Å². The molecular weight excluding hydrogens is 492 g/mol. The van der Waals surface area contributed by atoms with Crippen LogP contribution in [0.3, 0.4) is 0 Å². The van der Waals surface area contributed by atoms with Gasteiger partial charge >= 0.3 is 5.97 Å². The third-order valence-electron chi connectivity index (χ3n) is 4.22. The Morgan fingerprint density at radius 3 is 2.70 bits per heavy atom. The Kier molecular flexibility index (Phi) is 10.6. The van der Waals surface area contributed by atoms with Crippen molar-refractivity contribution in [2.24, 2.45) is 5.16 Å². The lowest BCUT2D eigenvalue weighted by molar-refractivity contribution is -0.142. The van der Waals surface area contributed by atoms with E-state index in [1.54, 1.807) is 30.3 Å². The van der Waals surface area contributed by atoms with Gasteiger partial charge in [0.2, 0.25) is 6.61 Å². The molecule has 9 nitrogen and oxygen atoms in total. The molecule has 2 rings (SSSR count). The zero-order chi connectivity index (χ0) is 24.1. The molecule has 0 bridgehead atoms. The van der Waals surface area contributed by atoms with E-state index in [-0.39, 0.29) is 18.2 Å². The number of amides is 1. The van der Waals surface area contributed by atoms with Crippen LogP contribution in [-0.2, 0) is 14.4 Å². The summed E-state index contributed by atoms with van der Waals surface area (Å²) in [6, 6.07) is 14.1. The van der Waals surface area contributed by atoms with Gasteiger partial charge in [0.15, 0.2) is 0 Å². The molecule has 0 aliphatic rings. The van der Waals surface area contributed by atoms with Gasteiger partial charge in [0, 0.05) is 0 Å². The number of oxime groups is 1. The Morgan fingerprint density at radius 2 is 2.06 bits per heavy atom. The van der Waals surface area contributed by atoms with Crippen LogP contribution in [-0.4, -0.2) is 41.4 Å². The van der Waals surface area contributed by atoms with Crippen LogP contribution in [0.15, 0.2) is 57.8 Å². The highest BCUT2D eigenvalue weighted by molar-refractivity contribution is 9.10. The average Bonchev–Trinajstić information content (AvgIpc) is 2.79. The Hall–Kier alpha value is -3.71. The number of aromatic nitrogens is 1. The number of carboxylic acid groups (broad SMARTS) is 1. The van der Waals surface area contributed by atoms with Gasteiger partial charge in [-0.25, -0.2) is 9.78 Å². The fraction of sp³-hybridized carbons (Fsp3) is 0.261. The third kappa shape index (κ3) is 9.13. The van der Waals surface area contributed by atoms with Crippen LogP contribution in [0.25, 0.3) is 6.08 Å². The van der Waals surface area contributed by atoms with E-state index in [0.717, 1.165) is 12.0 Å². The summed E-state index contributed by atoms with van der Waals surface area (Å²) in [6.07, 6.45) is 4.27. The number of pyridine rings is 1. The second-order valence-electron chi connectivity index (χ2n) is 6.70. The predicted molar refractivity (Wildman–Crippen MR) is 125 cm³/mol. The van der Waals surface area contributed by atoms with Crippen molar-refractivity contribution in [1.82, 2.24) is 10.3 Å². The monoisotopic (exact) mass is 514 g/mol. The van der Waals surface area contributed by atoms with Crippen LogP contribution >= 0.6 is 15.9 Å². The molecule has 1 unspecified atom stereocenters. The lowest BCUT2D eigenvalue weighted by Crippen LogP contribution is -2.29. The van der Waals surface area contributed by atoms with E-state index >= 15 is 0 Å². The number of carbonyl (C=O) groups excluding carboxylic acids is 1. The highest BCUT2D eigenvalue weighted by atomic mass is 79.9. The van der Waals surface area contributed by atoms with E-state index in [4.69, 9.17) is 9.84 Å². The normalized spacial score (nSPS) is 12.1. The number of carbonyl (C=O) groups is 2. The standard InChI is InChI=1S/C23H23BrN4O5/c1-2-4-20(28-23(31)17(14-25)13-18-5-3-6-21(24)27-18)16-7-9-19(10-8-16)32-12-11-26-33-15-22(29)30/h3,5-11,13,20H,2,4,12,15H2,1H3,(H,28,31)(H,29,30)/b17-13+,26-11+. The Morgan fingerprint density at radius 1 is 1.30 bits per heavy atom. The van der Waals surface area contributed by atoms with Crippen molar-refractivity contribution in [1.29, 1.82) is 5.26 Å². The molecule has 0 spiro atoms. The van der Waals surface area contributed by atoms with Crippen molar-refractivity contribution >= 4 is 40.1 Å². The van der Waals surface area contributed by atoms with Gasteiger partial charge < -0.3 is 20.0 Å². The number of nitriles is 1. The molecule has 0 aliphatic carbocycles. The van der Waals surface area contributed by atoms with Gasteiger partial charge in [-0.1, -0.05) is 36.7 Å². The van der Waals surface area contributed by atoms with Crippen LogP contribution < -0.4 is 10.1 Å². The van der Waals surface area contributed by atoms with Crippen molar-refractivity contribution < 1.29 is 24.3 Å². The molecule has 2 aromatic rings. The summed E-state index contributed by atoms with van der Waals surface area (Å²) in [5, 5.41) is 24.3. The predicted octanol–water partition coefficient (Wildman–Crippen LogP) is 3.87. The Balaban J connectivity index is 2.01. The van der Waals surface area contributed by atoms with E-state index < -0.39 is 18.5 Å². The third-order valence-corrected chi connectivity index (χ3v) is 4.66. The molecule has 172 valence electrons. The number of aliphatic carboxylic acids is 1. The van der Waals surface area contributed by atoms with Crippen molar-refractivity contribution in [3.63, 3.8) is 0 Å². The maximum Gasteiger partial charge on any atom is 0.344 e. The van der Waals surface area contributed by atoms with Gasteiger partial charge in [-0.3, -0.25) is 4.79 Å². The molecule has 0 radical (unpaired) electrons. The lowest BCUT2D eigenvalue weighted by Gasteiger charge is -2.19. The van der Waals surface area contributed by atoms with Gasteiger partial charge in [-0.2, -0.15) is 5.26 Å². The minimum absolute atomic E-state index is 0.0361. The van der Waals surface area contributed by atoms with Crippen LogP contribution in [0, 0.1) is 11.3 Å². The summed E-state index contributed by atoms with van der Waals surface area (Å²) in [6.45, 7) is 1.60. The molecule has 0 aliphatic heterocycles. The summed E-state index contributed by atoms with van der Waals surface area (Å²) in [7, 11) is 0. The first-order valence-electron chi connectivity index (χ1n) is 10.1. The topological polar surface area (TPSA) is 134 Å². The van der Waals surface area contributed by atoms with Crippen molar-refractivity contribution in [3.05, 3.63) is 63.9 Å². The molecule has 0 saturated heterocycles. The molecule has 2 N–H and O–H groups in total. The number of hydrogen-bond acceptors (Lipinski definition) is 7. The van der Waals surface area contributed by atoms with Crippen LogP contribution in [0.4, 0.5) is 0 Å². The number of nitrogens with one attached hydrogen (secondary N) is 1. The number of hydrogen-bond donors (Lipinski definition) is 2. The molecule has 0 fully saturated rings. The molecule has 10 heteroatoms. The summed E-state index contributed by atoms with van der Waals surface area (Å²) in [5.41, 5.74) is 1.33. The highest BCUT2D eigenvalue weighted by Crippen LogP contribution is 2.22. The molecule has 1 aromatic heterocycles. The SMILES string of the molecule is CCCC(NC(=O)/C(C#N)=C/c1cccc(Br)n1)c1ccc(OC/C=N/OCC(=O)O)cc1. The van der Waals surface area contributed by atoms with E-state index in [0.29, 0.717) is 22.5 Å². The van der Waals surface area contributed by atoms with E-state index in [1.807, 2.05) is 25.1 Å². The van der Waals surface area contributed by atoms with E-state index in [1.165, 1.54) is 12.3 Å². The summed E-state index contributed by atoms with van der Waals surface area (Å²) in [4.78, 5) is 31.8. The number of carboxylic acids is 1. The van der Waals surface area contributed by atoms with Gasteiger partial charge in [0.1, 0.15) is 28.6 Å². The minimum Gasteiger partial charge on any atom is -0.488 e. The zero-order valence-electron chi connectivity index (χ0n) is 17.9. The number of halogens is 1. The molecule has 33 heavy (non-hydrogen) atoms. The molecule has 1 amide bonds. The van der Waals surface area contributed by atoms with E-state index in [9.17, 15) is 14.9 Å². The van der Waals surface area contributed by atoms with Gasteiger partial charge in [-0.15, -0.1) is 0 Å². The van der Waals surface area contributed by atoms with E-state index in [2.05, 4.69) is 36.2 Å². The van der Waals surface area contributed by atoms with Gasteiger partial charge in [0.25, 0.3) is 5.91 Å². The largest absolute Gasteiger partial charge is 0.488 e. The molecule has 1 atom stereocenters. The number of ether oxygens (including phenoxy) is 1. The number of rotatable bonds is 12. The Labute approximate surface area is 199 Å². The maximum atomic E-state index is 12.7. The Bertz CT molecular complexity index is 1050. The van der Waals surface area contributed by atoms with Crippen molar-refractivity contribution in [2.45, 2.75) is 25.8 Å². The molecule has 1 heterocycles. The first kappa shape index (κ1) is 25.5. The fourth-order valence-corrected chi connectivity index (χ4v) is 3.11. The van der Waals surface area contributed by atoms with Crippen LogP contribution in [0.2, 0.25) is 0 Å². The number of benzene rings is 1. The molecule has 1 aromatic carbocycles. The van der Waals surface area contributed by atoms with Gasteiger partial charge in [0.05, 0.1) is 18.0 Å².